The second kappa shape index (κ2) is 8.47. The molecule has 1 N–H and O–H groups in total. The van der Waals surface area contributed by atoms with Gasteiger partial charge < -0.3 is 15.1 Å². The third-order valence-electron chi connectivity index (χ3n) is 4.74. The van der Waals surface area contributed by atoms with Gasteiger partial charge in [0.2, 0.25) is 0 Å². The van der Waals surface area contributed by atoms with E-state index in [0.717, 1.165) is 58.4 Å². The van der Waals surface area contributed by atoms with Crippen LogP contribution in [-0.2, 0) is 0 Å². The SMILES string of the molecule is Cc1cccc(NC(=S)N2CCN(c3nc(-c4ccc(Cl)cc4)cs3)CC2)c1. The number of piperazine rings is 1. The van der Waals surface area contributed by atoms with Crippen LogP contribution in [0.3, 0.4) is 0 Å². The molecule has 144 valence electrons. The monoisotopic (exact) mass is 428 g/mol. The van der Waals surface area contributed by atoms with Gasteiger partial charge in [-0.15, -0.1) is 11.3 Å². The van der Waals surface area contributed by atoms with E-state index in [4.69, 9.17) is 28.8 Å². The first-order valence-corrected chi connectivity index (χ1v) is 10.8. The number of nitrogens with zero attached hydrogens (tertiary/aromatic N) is 3. The van der Waals surface area contributed by atoms with Crippen LogP contribution in [0.4, 0.5) is 10.8 Å². The maximum Gasteiger partial charge on any atom is 0.185 e. The van der Waals surface area contributed by atoms with Crippen molar-refractivity contribution in [2.75, 3.05) is 36.4 Å². The second-order valence-electron chi connectivity index (χ2n) is 6.80. The van der Waals surface area contributed by atoms with Gasteiger partial charge in [0.15, 0.2) is 10.2 Å². The number of aromatic nitrogens is 1. The number of anilines is 2. The summed E-state index contributed by atoms with van der Waals surface area (Å²) in [5.74, 6) is 0. The van der Waals surface area contributed by atoms with Crippen molar-refractivity contribution >= 4 is 51.1 Å². The molecule has 1 aliphatic rings. The van der Waals surface area contributed by atoms with E-state index in [2.05, 4.69) is 39.6 Å². The van der Waals surface area contributed by atoms with Gasteiger partial charge >= 0.3 is 0 Å². The summed E-state index contributed by atoms with van der Waals surface area (Å²) in [6.07, 6.45) is 0. The van der Waals surface area contributed by atoms with Gasteiger partial charge in [0.05, 0.1) is 5.69 Å². The number of hydrogen-bond acceptors (Lipinski definition) is 4. The average Bonchev–Trinajstić information content (AvgIpc) is 3.19. The summed E-state index contributed by atoms with van der Waals surface area (Å²) in [5.41, 5.74) is 4.35. The second-order valence-corrected chi connectivity index (χ2v) is 8.46. The van der Waals surface area contributed by atoms with Crippen LogP contribution >= 0.6 is 35.2 Å². The Morgan fingerprint density at radius 2 is 1.86 bits per heavy atom. The summed E-state index contributed by atoms with van der Waals surface area (Å²) in [6.45, 7) is 5.66. The molecule has 0 aliphatic carbocycles. The van der Waals surface area contributed by atoms with E-state index < -0.39 is 0 Å². The van der Waals surface area contributed by atoms with Crippen molar-refractivity contribution in [3.63, 3.8) is 0 Å². The molecule has 0 atom stereocenters. The van der Waals surface area contributed by atoms with Gasteiger partial charge in [0.1, 0.15) is 0 Å². The molecular weight excluding hydrogens is 408 g/mol. The Hall–Kier alpha value is -2.15. The first kappa shape index (κ1) is 19.2. The molecule has 2 aromatic carbocycles. The Kier molecular flexibility index (Phi) is 5.80. The number of thiocarbonyl (C=S) groups is 1. The van der Waals surface area contributed by atoms with Crippen LogP contribution in [0.2, 0.25) is 5.02 Å². The fourth-order valence-electron chi connectivity index (χ4n) is 3.19. The number of halogens is 1. The molecule has 1 aliphatic heterocycles. The highest BCUT2D eigenvalue weighted by Crippen LogP contribution is 2.29. The van der Waals surface area contributed by atoms with Gasteiger partial charge in [-0.1, -0.05) is 35.9 Å². The van der Waals surface area contributed by atoms with Crippen LogP contribution < -0.4 is 10.2 Å². The van der Waals surface area contributed by atoms with Gasteiger partial charge in [-0.25, -0.2) is 4.98 Å². The average molecular weight is 429 g/mol. The van der Waals surface area contributed by atoms with E-state index in [-0.39, 0.29) is 0 Å². The zero-order valence-corrected chi connectivity index (χ0v) is 17.9. The van der Waals surface area contributed by atoms with Crippen molar-refractivity contribution in [1.82, 2.24) is 9.88 Å². The van der Waals surface area contributed by atoms with Crippen LogP contribution in [0.25, 0.3) is 11.3 Å². The molecule has 4 nitrogen and oxygen atoms in total. The Morgan fingerprint density at radius 3 is 2.57 bits per heavy atom. The lowest BCUT2D eigenvalue weighted by Crippen LogP contribution is -2.50. The number of rotatable bonds is 3. The van der Waals surface area contributed by atoms with Crippen molar-refractivity contribution < 1.29 is 0 Å². The molecule has 2 heterocycles. The summed E-state index contributed by atoms with van der Waals surface area (Å²) in [6, 6.07) is 16.1. The molecule has 0 spiro atoms. The summed E-state index contributed by atoms with van der Waals surface area (Å²) in [4.78, 5) is 9.37. The van der Waals surface area contributed by atoms with E-state index in [9.17, 15) is 0 Å². The van der Waals surface area contributed by atoms with Crippen LogP contribution in [0.15, 0.2) is 53.9 Å². The lowest BCUT2D eigenvalue weighted by Gasteiger charge is -2.36. The summed E-state index contributed by atoms with van der Waals surface area (Å²) in [7, 11) is 0. The highest BCUT2D eigenvalue weighted by molar-refractivity contribution is 7.80. The van der Waals surface area contributed by atoms with E-state index in [0.29, 0.717) is 0 Å². The molecule has 28 heavy (non-hydrogen) atoms. The van der Waals surface area contributed by atoms with Gasteiger partial charge in [0, 0.05) is 47.8 Å². The molecule has 0 unspecified atom stereocenters. The maximum atomic E-state index is 5.98. The van der Waals surface area contributed by atoms with E-state index in [1.807, 2.05) is 36.4 Å². The summed E-state index contributed by atoms with van der Waals surface area (Å²) in [5, 5.41) is 8.04. The lowest BCUT2D eigenvalue weighted by molar-refractivity contribution is 0.390. The van der Waals surface area contributed by atoms with Crippen LogP contribution in [-0.4, -0.2) is 41.2 Å². The third kappa shape index (κ3) is 4.46. The van der Waals surface area contributed by atoms with E-state index >= 15 is 0 Å². The summed E-state index contributed by atoms with van der Waals surface area (Å²) >= 11 is 13.3. The Bertz CT molecular complexity index is 963. The molecule has 0 radical (unpaired) electrons. The number of thiazole rings is 1. The molecule has 7 heteroatoms. The van der Waals surface area contributed by atoms with Gasteiger partial charge in [-0.05, 0) is 49.0 Å². The van der Waals surface area contributed by atoms with E-state index in [1.54, 1.807) is 11.3 Å². The number of nitrogens with one attached hydrogen (secondary N) is 1. The number of aryl methyl sites for hydroxylation is 1. The van der Waals surface area contributed by atoms with Crippen LogP contribution in [0, 0.1) is 6.92 Å². The highest BCUT2D eigenvalue weighted by Gasteiger charge is 2.21. The van der Waals surface area contributed by atoms with Gasteiger partial charge in [-0.3, -0.25) is 0 Å². The minimum atomic E-state index is 0.741. The van der Waals surface area contributed by atoms with Crippen molar-refractivity contribution in [3.8, 4) is 11.3 Å². The normalized spacial score (nSPS) is 14.2. The van der Waals surface area contributed by atoms with Gasteiger partial charge in [0.25, 0.3) is 0 Å². The zero-order chi connectivity index (χ0) is 19.5. The predicted molar refractivity (Wildman–Crippen MR) is 124 cm³/mol. The van der Waals surface area contributed by atoms with Crippen LogP contribution in [0.5, 0.6) is 0 Å². The minimum absolute atomic E-state index is 0.741. The van der Waals surface area contributed by atoms with Crippen molar-refractivity contribution in [2.45, 2.75) is 6.92 Å². The summed E-state index contributed by atoms with van der Waals surface area (Å²) < 4.78 is 0. The molecule has 1 saturated heterocycles. The Labute approximate surface area is 179 Å². The maximum absolute atomic E-state index is 5.98. The van der Waals surface area contributed by atoms with Crippen molar-refractivity contribution in [2.24, 2.45) is 0 Å². The quantitative estimate of drug-likeness (QED) is 0.573. The molecule has 1 fully saturated rings. The molecule has 4 rings (SSSR count). The van der Waals surface area contributed by atoms with Crippen LogP contribution in [0.1, 0.15) is 5.56 Å². The van der Waals surface area contributed by atoms with Gasteiger partial charge in [-0.2, -0.15) is 0 Å². The fourth-order valence-corrected chi connectivity index (χ4v) is 4.50. The smallest absolute Gasteiger partial charge is 0.185 e. The molecule has 1 aromatic heterocycles. The lowest BCUT2D eigenvalue weighted by atomic mass is 10.2. The fraction of sp³-hybridized carbons (Fsp3) is 0.238. The molecule has 0 saturated carbocycles. The first-order chi connectivity index (χ1) is 13.6. The van der Waals surface area contributed by atoms with Crippen molar-refractivity contribution in [1.29, 1.82) is 0 Å². The topological polar surface area (TPSA) is 31.4 Å². The molecule has 0 amide bonds. The standard InChI is InChI=1S/C21H21ClN4S2/c1-15-3-2-4-18(13-15)23-20(27)25-9-11-26(12-10-25)21-24-19(14-28-21)16-5-7-17(22)8-6-16/h2-8,13-14H,9-12H2,1H3,(H,23,27). The Morgan fingerprint density at radius 1 is 1.11 bits per heavy atom. The Balaban J connectivity index is 1.35. The number of hydrogen-bond donors (Lipinski definition) is 1. The predicted octanol–water partition coefficient (Wildman–Crippen LogP) is 5.29. The highest BCUT2D eigenvalue weighted by atomic mass is 35.5. The number of benzene rings is 2. The zero-order valence-electron chi connectivity index (χ0n) is 15.6. The minimum Gasteiger partial charge on any atom is -0.345 e. The molecule has 0 bridgehead atoms. The largest absolute Gasteiger partial charge is 0.345 e. The third-order valence-corrected chi connectivity index (χ3v) is 6.25. The van der Waals surface area contributed by atoms with E-state index in [1.165, 1.54) is 5.56 Å². The molecular formula is C21H21ClN4S2. The molecule has 3 aromatic rings. The first-order valence-electron chi connectivity index (χ1n) is 9.17. The van der Waals surface area contributed by atoms with Crippen molar-refractivity contribution in [3.05, 3.63) is 64.5 Å².